The van der Waals surface area contributed by atoms with Crippen LogP contribution in [0.5, 0.6) is 11.5 Å². The number of carbonyl (C=O) groups excluding carboxylic acids is 2. The zero-order valence-corrected chi connectivity index (χ0v) is 11.4. The molecule has 6 heteroatoms. The summed E-state index contributed by atoms with van der Waals surface area (Å²) in [6.07, 6.45) is 2.27. The molecule has 19 heavy (non-hydrogen) atoms. The molecule has 1 aromatic rings. The molecule has 2 amide bonds. The molecular weight excluding hydrogens is 266 g/mol. The van der Waals surface area contributed by atoms with Crippen molar-refractivity contribution in [1.29, 1.82) is 0 Å². The second-order valence-corrected chi connectivity index (χ2v) is 4.82. The number of allylic oxidation sites excluding steroid dienone is 1. The zero-order valence-electron chi connectivity index (χ0n) is 10.6. The Hall–Kier alpha value is -1.95. The minimum Gasteiger partial charge on any atom is -0.493 e. The van der Waals surface area contributed by atoms with Crippen LogP contribution in [-0.2, 0) is 11.2 Å². The van der Waals surface area contributed by atoms with Crippen LogP contribution in [0.4, 0.5) is 4.79 Å². The minimum absolute atomic E-state index is 0.330. The van der Waals surface area contributed by atoms with Crippen LogP contribution in [0.2, 0.25) is 0 Å². The number of hydrogen-bond acceptors (Lipinski definition) is 5. The van der Waals surface area contributed by atoms with Crippen LogP contribution >= 0.6 is 11.8 Å². The van der Waals surface area contributed by atoms with Crippen molar-refractivity contribution in [2.75, 3.05) is 14.2 Å². The van der Waals surface area contributed by atoms with Crippen molar-refractivity contribution in [1.82, 2.24) is 5.32 Å². The molecule has 0 aromatic heterocycles. The van der Waals surface area contributed by atoms with Crippen LogP contribution in [0.3, 0.4) is 0 Å². The maximum absolute atomic E-state index is 11.4. The highest BCUT2D eigenvalue weighted by Crippen LogP contribution is 2.29. The highest BCUT2D eigenvalue weighted by molar-refractivity contribution is 8.18. The Labute approximate surface area is 115 Å². The lowest BCUT2D eigenvalue weighted by Gasteiger charge is -2.08. The van der Waals surface area contributed by atoms with Gasteiger partial charge in [-0.25, -0.2) is 0 Å². The summed E-state index contributed by atoms with van der Waals surface area (Å²) in [6, 6.07) is 5.53. The van der Waals surface area contributed by atoms with E-state index in [0.717, 1.165) is 17.3 Å². The van der Waals surface area contributed by atoms with Gasteiger partial charge in [-0.15, -0.1) is 0 Å². The van der Waals surface area contributed by atoms with Gasteiger partial charge >= 0.3 is 0 Å². The van der Waals surface area contributed by atoms with Crippen LogP contribution in [-0.4, -0.2) is 25.4 Å². The largest absolute Gasteiger partial charge is 0.493 e. The van der Waals surface area contributed by atoms with E-state index in [1.54, 1.807) is 26.4 Å². The molecule has 1 heterocycles. The first-order valence-electron chi connectivity index (χ1n) is 5.58. The van der Waals surface area contributed by atoms with Crippen molar-refractivity contribution in [3.8, 4) is 11.5 Å². The molecule has 5 nitrogen and oxygen atoms in total. The van der Waals surface area contributed by atoms with Crippen LogP contribution in [0, 0.1) is 0 Å². The fraction of sp³-hybridized carbons (Fsp3) is 0.231. The molecule has 0 unspecified atom stereocenters. The molecule has 1 aliphatic rings. The van der Waals surface area contributed by atoms with E-state index in [4.69, 9.17) is 9.47 Å². The predicted molar refractivity (Wildman–Crippen MR) is 72.5 cm³/mol. The Balaban J connectivity index is 2.14. The molecule has 1 aromatic carbocycles. The van der Waals surface area contributed by atoms with Gasteiger partial charge in [0.15, 0.2) is 11.5 Å². The lowest BCUT2D eigenvalue weighted by Crippen LogP contribution is -2.17. The summed E-state index contributed by atoms with van der Waals surface area (Å²) in [5.74, 6) is 0.954. The number of carbonyl (C=O) groups is 2. The second kappa shape index (κ2) is 5.79. The van der Waals surface area contributed by atoms with E-state index >= 15 is 0 Å². The molecular formula is C13H13NO4S. The molecule has 1 fully saturated rings. The van der Waals surface area contributed by atoms with Gasteiger partial charge in [0.05, 0.1) is 19.1 Å². The first-order chi connectivity index (χ1) is 9.13. The Morgan fingerprint density at radius 2 is 1.95 bits per heavy atom. The number of nitrogens with one attached hydrogen (secondary N) is 1. The first kappa shape index (κ1) is 13.5. The third-order valence-corrected chi connectivity index (χ3v) is 3.47. The van der Waals surface area contributed by atoms with Crippen molar-refractivity contribution >= 4 is 22.9 Å². The van der Waals surface area contributed by atoms with E-state index in [9.17, 15) is 9.59 Å². The number of ether oxygens (including phenoxy) is 2. The smallest absolute Gasteiger partial charge is 0.290 e. The molecule has 1 aliphatic heterocycles. The number of hydrogen-bond donors (Lipinski definition) is 1. The van der Waals surface area contributed by atoms with Gasteiger partial charge in [0, 0.05) is 0 Å². The Bertz CT molecular complexity index is 554. The van der Waals surface area contributed by atoms with Crippen molar-refractivity contribution in [3.05, 3.63) is 34.7 Å². The SMILES string of the molecule is COc1ccc(CC=C2SC(=O)NC2=O)cc1OC. The van der Waals surface area contributed by atoms with Gasteiger partial charge in [-0.05, 0) is 35.9 Å². The highest BCUT2D eigenvalue weighted by Gasteiger charge is 2.24. The van der Waals surface area contributed by atoms with Crippen molar-refractivity contribution < 1.29 is 19.1 Å². The number of rotatable bonds is 4. The van der Waals surface area contributed by atoms with Crippen LogP contribution in [0.15, 0.2) is 29.2 Å². The average Bonchev–Trinajstić information content (AvgIpc) is 2.74. The predicted octanol–water partition coefficient (Wildman–Crippen LogP) is 2.11. The highest BCUT2D eigenvalue weighted by atomic mass is 32.2. The molecule has 0 aliphatic carbocycles. The number of thioether (sulfide) groups is 1. The van der Waals surface area contributed by atoms with Gasteiger partial charge in [-0.3, -0.25) is 14.9 Å². The van der Waals surface area contributed by atoms with E-state index in [1.165, 1.54) is 0 Å². The number of imide groups is 1. The van der Waals surface area contributed by atoms with Crippen molar-refractivity contribution in [2.45, 2.75) is 6.42 Å². The fourth-order valence-corrected chi connectivity index (χ4v) is 2.33. The molecule has 2 rings (SSSR count). The summed E-state index contributed by atoms with van der Waals surface area (Å²) in [5, 5.41) is 1.89. The van der Waals surface area contributed by atoms with Crippen molar-refractivity contribution in [2.24, 2.45) is 0 Å². The van der Waals surface area contributed by atoms with Gasteiger partial charge < -0.3 is 9.47 Å². The number of amides is 2. The molecule has 1 N–H and O–H groups in total. The summed E-state index contributed by atoms with van der Waals surface area (Å²) in [4.78, 5) is 22.8. The molecule has 0 atom stereocenters. The van der Waals surface area contributed by atoms with Crippen molar-refractivity contribution in [3.63, 3.8) is 0 Å². The van der Waals surface area contributed by atoms with Gasteiger partial charge in [-0.2, -0.15) is 0 Å². The summed E-state index contributed by atoms with van der Waals surface area (Å²) in [5.41, 5.74) is 0.970. The lowest BCUT2D eigenvalue weighted by molar-refractivity contribution is -0.115. The van der Waals surface area contributed by atoms with Gasteiger partial charge in [0.25, 0.3) is 11.1 Å². The van der Waals surface area contributed by atoms with E-state index in [2.05, 4.69) is 5.32 Å². The third kappa shape index (κ3) is 3.08. The van der Waals surface area contributed by atoms with E-state index in [-0.39, 0.29) is 11.1 Å². The molecule has 0 saturated carbocycles. The Morgan fingerprint density at radius 1 is 1.21 bits per heavy atom. The summed E-state index contributed by atoms with van der Waals surface area (Å²) in [7, 11) is 3.14. The molecule has 1 saturated heterocycles. The summed E-state index contributed by atoms with van der Waals surface area (Å²) < 4.78 is 10.3. The normalized spacial score (nSPS) is 16.6. The summed E-state index contributed by atoms with van der Waals surface area (Å²) in [6.45, 7) is 0. The maximum Gasteiger partial charge on any atom is 0.290 e. The first-order valence-corrected chi connectivity index (χ1v) is 6.40. The van der Waals surface area contributed by atoms with E-state index in [1.807, 2.05) is 12.1 Å². The average molecular weight is 279 g/mol. The van der Waals surface area contributed by atoms with E-state index < -0.39 is 0 Å². The second-order valence-electron chi connectivity index (χ2n) is 3.81. The number of methoxy groups -OCH3 is 2. The molecule has 100 valence electrons. The van der Waals surface area contributed by atoms with Crippen LogP contribution in [0.1, 0.15) is 5.56 Å². The topological polar surface area (TPSA) is 64.6 Å². The van der Waals surface area contributed by atoms with Gasteiger partial charge in [0.2, 0.25) is 0 Å². The van der Waals surface area contributed by atoms with Crippen LogP contribution < -0.4 is 14.8 Å². The van der Waals surface area contributed by atoms with E-state index in [0.29, 0.717) is 22.8 Å². The van der Waals surface area contributed by atoms with Crippen LogP contribution in [0.25, 0.3) is 0 Å². The third-order valence-electron chi connectivity index (χ3n) is 2.61. The minimum atomic E-state index is -0.338. The molecule has 0 spiro atoms. The quantitative estimate of drug-likeness (QED) is 0.855. The Morgan fingerprint density at radius 3 is 2.53 bits per heavy atom. The number of benzene rings is 1. The Kier molecular flexibility index (Phi) is 4.11. The lowest BCUT2D eigenvalue weighted by atomic mass is 10.1. The van der Waals surface area contributed by atoms with Gasteiger partial charge in [0.1, 0.15) is 0 Å². The maximum atomic E-state index is 11.4. The zero-order chi connectivity index (χ0) is 13.8. The fourth-order valence-electron chi connectivity index (χ4n) is 1.68. The molecule has 0 radical (unpaired) electrons. The standard InChI is InChI=1S/C13H13NO4S/c1-17-9-5-3-8(7-10(9)18-2)4-6-11-12(15)14-13(16)19-11/h3,5-7H,4H2,1-2H3,(H,14,15,16). The molecule has 0 bridgehead atoms. The monoisotopic (exact) mass is 279 g/mol. The van der Waals surface area contributed by atoms with Gasteiger partial charge in [-0.1, -0.05) is 12.1 Å². The summed E-state index contributed by atoms with van der Waals surface area (Å²) >= 11 is 0.916.